The molecule has 32 heteroatoms. The first-order valence-electron chi connectivity index (χ1n) is 41.9. The molecular weight excluding hydrogens is 1540 g/mol. The van der Waals surface area contributed by atoms with Crippen LogP contribution in [0.4, 0.5) is 102 Å². The van der Waals surface area contributed by atoms with Crippen molar-refractivity contribution >= 4 is 117 Å². The van der Waals surface area contributed by atoms with Crippen LogP contribution >= 0.6 is 0 Å². The number of Topliss-reactive ketones (excluding diaryl/α,β-unsaturated/α-hetero) is 4. The van der Waals surface area contributed by atoms with Gasteiger partial charge in [-0.05, 0) is 165 Å². The number of carbonyl (C=O) groups excluding carboxylic acids is 8. The zero-order chi connectivity index (χ0) is 83.9. The van der Waals surface area contributed by atoms with Gasteiger partial charge >= 0.3 is 30.3 Å². The lowest BCUT2D eigenvalue weighted by molar-refractivity contribution is -0.184. The Morgan fingerprint density at radius 1 is 0.442 bits per heavy atom. The third-order valence-corrected chi connectivity index (χ3v) is 24.7. The molecule has 29 nitrogen and oxygen atoms in total. The molecule has 4 saturated heterocycles. The van der Waals surface area contributed by atoms with E-state index in [9.17, 15) is 56.6 Å². The molecule has 0 spiro atoms. The Kier molecular flexibility index (Phi) is 25.1. The number of ketones is 4. The molecule has 628 valence electrons. The highest BCUT2D eigenvalue weighted by atomic mass is 19.4. The highest BCUT2D eigenvalue weighted by Crippen LogP contribution is 2.50. The second-order valence-corrected chi connectivity index (χ2v) is 33.1. The number of anilines is 12. The zero-order valence-electron chi connectivity index (χ0n) is 67.9. The molecule has 2 aliphatic carbocycles. The van der Waals surface area contributed by atoms with Gasteiger partial charge in [0.15, 0.2) is 46.4 Å². The van der Waals surface area contributed by atoms with Gasteiger partial charge in [-0.15, -0.1) is 0 Å². The molecule has 8 amide bonds. The molecular formula is C88H101F3N20O9. The van der Waals surface area contributed by atoms with E-state index in [4.69, 9.17) is 4.98 Å². The maximum absolute atomic E-state index is 13.4. The number of fused-ring (bicyclic) bond motifs is 16. The number of aromatic nitrogens is 8. The van der Waals surface area contributed by atoms with E-state index >= 15 is 0 Å². The number of hydrogen-bond donors (Lipinski definition) is 5. The number of urea groups is 4. The average molecular weight is 1640 g/mol. The van der Waals surface area contributed by atoms with Crippen LogP contribution in [0.15, 0.2) is 146 Å². The predicted octanol–water partition coefficient (Wildman–Crippen LogP) is 15.3. The van der Waals surface area contributed by atoms with Crippen molar-refractivity contribution in [2.45, 2.75) is 167 Å². The van der Waals surface area contributed by atoms with E-state index in [1.165, 1.54) is 44.1 Å². The number of alkyl halides is 3. The molecule has 8 aromatic rings. The zero-order valence-corrected chi connectivity index (χ0v) is 67.9. The fourth-order valence-electron chi connectivity index (χ4n) is 17.5. The summed E-state index contributed by atoms with van der Waals surface area (Å²) in [5, 5.41) is 20.8. The first-order valence-corrected chi connectivity index (χ1v) is 41.9. The topological polar surface area (TPSA) is 334 Å². The maximum Gasteiger partial charge on any atom is 0.392 e. The number of nitrogens with one attached hydrogen (secondary N) is 4. The van der Waals surface area contributed by atoms with Crippen LogP contribution in [0.25, 0.3) is 0 Å². The van der Waals surface area contributed by atoms with Crippen LogP contribution in [-0.2, 0) is 0 Å². The Morgan fingerprint density at radius 2 is 0.775 bits per heavy atom. The lowest BCUT2D eigenvalue weighted by Gasteiger charge is -2.35. The third-order valence-electron chi connectivity index (χ3n) is 24.7. The van der Waals surface area contributed by atoms with Crippen molar-refractivity contribution in [1.82, 2.24) is 39.9 Å². The smallest absolute Gasteiger partial charge is 0.392 e. The largest absolute Gasteiger partial charge is 0.396 e. The van der Waals surface area contributed by atoms with Gasteiger partial charge in [-0.25, -0.2) is 59.0 Å². The number of aliphatic hydroxyl groups is 1. The highest BCUT2D eigenvalue weighted by molar-refractivity contribution is 6.09. The Morgan fingerprint density at radius 3 is 1.07 bits per heavy atom. The van der Waals surface area contributed by atoms with Crippen LogP contribution in [0.5, 0.6) is 0 Å². The van der Waals surface area contributed by atoms with Gasteiger partial charge in [-0.2, -0.15) is 13.2 Å². The number of carbonyl (C=O) groups is 8. The first kappa shape index (κ1) is 83.0. The molecule has 8 aliphatic heterocycles. The number of rotatable bonds is 20. The summed E-state index contributed by atoms with van der Waals surface area (Å²) in [7, 11) is 0. The van der Waals surface area contributed by atoms with Gasteiger partial charge in [0.05, 0.1) is 52.8 Å². The second-order valence-electron chi connectivity index (χ2n) is 33.1. The van der Waals surface area contributed by atoms with E-state index in [1.807, 2.05) is 48.5 Å². The Balaban J connectivity index is 0.000000125. The molecule has 10 aliphatic rings. The Hall–Kier alpha value is -12.1. The van der Waals surface area contributed by atoms with Crippen molar-refractivity contribution in [3.05, 3.63) is 169 Å². The fourth-order valence-corrected chi connectivity index (χ4v) is 17.5. The summed E-state index contributed by atoms with van der Waals surface area (Å²) >= 11 is 0. The summed E-state index contributed by atoms with van der Waals surface area (Å²) in [5.74, 6) is 1.49. The number of nitrogens with zero attached hydrogens (tertiary/aromatic N) is 16. The van der Waals surface area contributed by atoms with Gasteiger partial charge in [-0.1, -0.05) is 90.5 Å². The summed E-state index contributed by atoms with van der Waals surface area (Å²) < 4.78 is 40.1. The SMILES string of the molecule is CC(C)[C@@H](CC(=O)c1ccc2c(n1)N(C(=O)Nc1ccccn1)[C@H]1CCN2C1)C(F)(F)F.CC[C@H](C)CC(=O)c1ccc2c(n1)N(C(=O)Nc1ccccn1)[C@H]1CCN2C1.O=C(CC1CCCCC1)c1ccc2c(n1)N(C(=O)Nc1ccccn1)[C@H]1CCN2C1.O=C(CCC1(CO)CC1)c1ccc2c(n1)N(C(=O)Nc1ccccn1)[C@H]1CCN2C1. The Bertz CT molecular complexity index is 5070. The van der Waals surface area contributed by atoms with Crippen LogP contribution < -0.4 is 60.5 Å². The molecule has 8 aromatic heterocycles. The van der Waals surface area contributed by atoms with E-state index < -0.39 is 36.2 Å². The van der Waals surface area contributed by atoms with Crippen LogP contribution in [-0.4, -0.2) is 182 Å². The first-order chi connectivity index (χ1) is 58.0. The summed E-state index contributed by atoms with van der Waals surface area (Å²) in [6, 6.07) is 34.3. The number of halogens is 3. The molecule has 6 atom stereocenters. The van der Waals surface area contributed by atoms with Crippen LogP contribution in [0.1, 0.15) is 179 Å². The molecule has 6 fully saturated rings. The molecule has 18 rings (SSSR count). The summed E-state index contributed by atoms with van der Waals surface area (Å²) in [5.41, 5.74) is 4.53. The normalized spacial score (nSPS) is 19.6. The van der Waals surface area contributed by atoms with Gasteiger partial charge in [0.2, 0.25) is 0 Å². The van der Waals surface area contributed by atoms with E-state index in [-0.39, 0.29) is 83.1 Å². The van der Waals surface area contributed by atoms with Gasteiger partial charge in [0.25, 0.3) is 0 Å². The maximum atomic E-state index is 13.4. The van der Waals surface area contributed by atoms with Gasteiger partial charge in [0, 0.05) is 109 Å². The summed E-state index contributed by atoms with van der Waals surface area (Å²) in [4.78, 5) is 154. The van der Waals surface area contributed by atoms with E-state index in [1.54, 1.807) is 106 Å². The minimum absolute atomic E-state index is 0.0168. The van der Waals surface area contributed by atoms with Crippen molar-refractivity contribution < 1.29 is 56.6 Å². The monoisotopic (exact) mass is 1640 g/mol. The van der Waals surface area contributed by atoms with E-state index in [0.29, 0.717) is 108 Å². The molecule has 8 bridgehead atoms. The number of amides is 8. The van der Waals surface area contributed by atoms with Crippen molar-refractivity contribution in [2.75, 3.05) is 119 Å². The number of aliphatic hydroxyl groups excluding tert-OH is 1. The Labute approximate surface area is 694 Å². The number of hydrogen-bond acceptors (Lipinski definition) is 21. The lowest BCUT2D eigenvalue weighted by Crippen LogP contribution is -2.48. The van der Waals surface area contributed by atoms with Gasteiger partial charge < -0.3 is 24.7 Å². The second kappa shape index (κ2) is 36.2. The van der Waals surface area contributed by atoms with Gasteiger partial charge in [0.1, 0.15) is 46.0 Å². The molecule has 0 aromatic carbocycles. The van der Waals surface area contributed by atoms with Crippen molar-refractivity contribution in [2.24, 2.45) is 29.1 Å². The van der Waals surface area contributed by atoms with Gasteiger partial charge in [-0.3, -0.25) is 60.0 Å². The summed E-state index contributed by atoms with van der Waals surface area (Å²) in [6.07, 6.45) is 15.6. The standard InChI is InChI=1S/C23H27N5O2.C22H24F3N5O2.C22H25N5O3.C21H25N5O2/c29-20(14-16-6-2-1-3-7-16)18-9-10-19-22(25-18)28(17-11-13-27(19)15-17)23(30)26-21-8-4-5-12-24-21;1-13(2)15(22(23,24)25)11-18(31)16-6-7-17-20(27-16)30(14-8-10-29(17)12-14)21(32)28-19-5-3-4-9-26-19;28-14-22(9-10-22)8-6-18(29)16-4-5-17-20(24-16)27(15-7-12-26(17)13-15)21(30)25-19-3-1-2-11-23-19;1-3-14(2)12-18(27)16-7-8-17-20(23-16)26(15-9-11-25(17)13-15)21(28)24-19-6-4-5-10-22-19/h4-5,8-10,12,16-17H,1-3,6-7,11,13-15H2,(H,24,26,30);3-7,9,13-15H,8,10-12H2,1-2H3,(H,26,28,32);1-5,11,15,28H,6-10,12-14H2,(H,23,25,30);4-8,10,14-15H,3,9,11-13H2,1-2H3,(H,22,24,28)/t17-;14-,15+;15-;14-,15-/m0000/s1. The van der Waals surface area contributed by atoms with E-state index in [2.05, 4.69) is 89.6 Å². The molecule has 2 saturated carbocycles. The minimum Gasteiger partial charge on any atom is -0.396 e. The third kappa shape index (κ3) is 18.7. The molecule has 5 N–H and O–H groups in total. The van der Waals surface area contributed by atoms with Crippen LogP contribution in [0.3, 0.4) is 0 Å². The minimum atomic E-state index is -4.47. The van der Waals surface area contributed by atoms with Crippen molar-refractivity contribution in [3.8, 4) is 0 Å². The van der Waals surface area contributed by atoms with Crippen LogP contribution in [0, 0.1) is 29.1 Å². The molecule has 0 radical (unpaired) electrons. The van der Waals surface area contributed by atoms with Crippen molar-refractivity contribution in [3.63, 3.8) is 0 Å². The van der Waals surface area contributed by atoms with E-state index in [0.717, 1.165) is 121 Å². The average Bonchev–Trinajstić information content (AvgIpc) is 1.59. The molecule has 0 unspecified atom stereocenters. The molecule has 120 heavy (non-hydrogen) atoms. The predicted molar refractivity (Wildman–Crippen MR) is 452 cm³/mol. The number of pyridine rings is 8. The van der Waals surface area contributed by atoms with Crippen LogP contribution in [0.2, 0.25) is 0 Å². The van der Waals surface area contributed by atoms with Crippen molar-refractivity contribution in [1.29, 1.82) is 0 Å². The quantitative estimate of drug-likeness (QED) is 0.0443. The molecule has 16 heterocycles. The summed E-state index contributed by atoms with van der Waals surface area (Å²) in [6.45, 7) is 13.5. The highest BCUT2D eigenvalue weighted by Gasteiger charge is 2.48. The lowest BCUT2D eigenvalue weighted by atomic mass is 9.85. The fraction of sp³-hybridized carbons (Fsp3) is 0.455.